The molecule has 3 unspecified atom stereocenters. The Balaban J connectivity index is 1.26. The van der Waals surface area contributed by atoms with E-state index in [0.717, 1.165) is 30.7 Å². The van der Waals surface area contributed by atoms with Gasteiger partial charge in [0.15, 0.2) is 0 Å². The lowest BCUT2D eigenvalue weighted by atomic mass is 9.79. The van der Waals surface area contributed by atoms with Crippen LogP contribution in [0.4, 0.5) is 0 Å². The molecule has 0 radical (unpaired) electrons. The molecule has 4 aliphatic rings. The van der Waals surface area contributed by atoms with Gasteiger partial charge in [-0.2, -0.15) is 0 Å². The van der Waals surface area contributed by atoms with E-state index in [1.165, 1.54) is 11.3 Å². The van der Waals surface area contributed by atoms with Gasteiger partial charge in [-0.3, -0.25) is 9.69 Å². The largest absolute Gasteiger partial charge is 0.478 e. The number of hydrogen-bond acceptors (Lipinski definition) is 8. The van der Waals surface area contributed by atoms with Crippen molar-refractivity contribution in [1.29, 1.82) is 0 Å². The van der Waals surface area contributed by atoms with Gasteiger partial charge in [0.1, 0.15) is 0 Å². The molecule has 3 fully saturated rings. The molecule has 1 amide bonds. The normalized spacial score (nSPS) is 27.1. The molecule has 10 nitrogen and oxygen atoms in total. The number of hydrogen-bond donors (Lipinski definition) is 4. The number of aromatic nitrogens is 1. The van der Waals surface area contributed by atoms with E-state index in [1.807, 2.05) is 5.38 Å². The second-order valence-electron chi connectivity index (χ2n) is 12.3. The molecule has 0 spiro atoms. The number of rotatable bonds is 9. The van der Waals surface area contributed by atoms with E-state index in [0.29, 0.717) is 56.2 Å². The predicted octanol–water partition coefficient (Wildman–Crippen LogP) is 4.53. The average Bonchev–Trinajstić information content (AvgIpc) is 3.58. The number of piperazine rings is 1. The van der Waals surface area contributed by atoms with Gasteiger partial charge in [0.25, 0.3) is 0 Å². The number of nitrogens with zero attached hydrogens (tertiary/aromatic N) is 3. The van der Waals surface area contributed by atoms with Crippen LogP contribution in [0, 0.1) is 11.8 Å². The summed E-state index contributed by atoms with van der Waals surface area (Å²) in [6.45, 7) is 2.44. The van der Waals surface area contributed by atoms with Crippen LogP contribution in [0.25, 0.3) is 0 Å². The number of aliphatic hydroxyl groups is 1. The first kappa shape index (κ1) is 32.0. The van der Waals surface area contributed by atoms with E-state index < -0.39 is 17.9 Å². The Labute approximate surface area is 275 Å². The van der Waals surface area contributed by atoms with Crippen LogP contribution >= 0.6 is 34.5 Å². The summed E-state index contributed by atoms with van der Waals surface area (Å²) in [5.41, 5.74) is 0.172. The lowest BCUT2D eigenvalue weighted by Gasteiger charge is -2.43. The van der Waals surface area contributed by atoms with E-state index in [-0.39, 0.29) is 57.3 Å². The van der Waals surface area contributed by atoms with Gasteiger partial charge in [0, 0.05) is 77.2 Å². The topological polar surface area (TPSA) is 143 Å². The van der Waals surface area contributed by atoms with Crippen molar-refractivity contribution < 1.29 is 29.7 Å². The van der Waals surface area contributed by atoms with Crippen molar-refractivity contribution in [2.75, 3.05) is 26.2 Å². The first-order valence-corrected chi connectivity index (χ1v) is 17.0. The van der Waals surface area contributed by atoms with Gasteiger partial charge >= 0.3 is 11.9 Å². The number of aryl methyl sites for hydroxylation is 1. The second kappa shape index (κ2) is 13.4. The van der Waals surface area contributed by atoms with Crippen LogP contribution in [-0.4, -0.2) is 86.3 Å². The Morgan fingerprint density at radius 3 is 2.13 bits per heavy atom. The number of aliphatic hydroxyl groups excluding tert-OH is 1. The van der Waals surface area contributed by atoms with E-state index in [9.17, 15) is 29.7 Å². The highest BCUT2D eigenvalue weighted by molar-refractivity contribution is 7.09. The summed E-state index contributed by atoms with van der Waals surface area (Å²) < 4.78 is 0. The number of aliphatic carboxylic acids is 2. The van der Waals surface area contributed by atoms with Gasteiger partial charge in [-0.15, -0.1) is 11.3 Å². The average molecular weight is 676 g/mol. The van der Waals surface area contributed by atoms with Crippen molar-refractivity contribution in [2.45, 2.75) is 63.0 Å². The smallest absolute Gasteiger partial charge is 0.334 e. The summed E-state index contributed by atoms with van der Waals surface area (Å²) in [6.07, 6.45) is 6.03. The molecule has 45 heavy (non-hydrogen) atoms. The molecule has 3 atom stereocenters. The van der Waals surface area contributed by atoms with Crippen molar-refractivity contribution >= 4 is 52.4 Å². The summed E-state index contributed by atoms with van der Waals surface area (Å²) in [6, 6.07) is 5.10. The van der Waals surface area contributed by atoms with Gasteiger partial charge in [-0.1, -0.05) is 29.3 Å². The SMILES string of the molecule is O=C(O)C1=C(CCc2nccs2)NC(CC(=O)N2CCN(C3CC4CCC(C3)C4O)CC2)=C(C(=O)O)C1c1c(Cl)cccc1Cl. The number of fused-ring (bicyclic) bond motifs is 2. The first-order chi connectivity index (χ1) is 21.6. The molecule has 2 aliphatic heterocycles. The highest BCUT2D eigenvalue weighted by atomic mass is 35.5. The van der Waals surface area contributed by atoms with Crippen molar-refractivity contribution in [3.63, 3.8) is 0 Å². The number of allylic oxidation sites excluding steroid dienone is 1. The lowest BCUT2D eigenvalue weighted by Crippen LogP contribution is -2.54. The van der Waals surface area contributed by atoms with Crippen molar-refractivity contribution in [2.24, 2.45) is 11.8 Å². The number of halogens is 2. The summed E-state index contributed by atoms with van der Waals surface area (Å²) in [5, 5.41) is 37.3. The molecule has 1 aromatic heterocycles. The summed E-state index contributed by atoms with van der Waals surface area (Å²) in [5.74, 6) is -3.48. The molecule has 240 valence electrons. The van der Waals surface area contributed by atoms with E-state index >= 15 is 0 Å². The number of dihydropyridines is 1. The Bertz CT molecular complexity index is 1500. The number of carbonyl (C=O) groups excluding carboxylic acids is 1. The minimum absolute atomic E-state index is 0.132. The standard InChI is InChI=1S/C32H36Cl2N4O6S/c33-20-2-1-3-21(34)26(20)29-27(31(41)42)22(6-7-24-35-8-13-45-24)36-23(28(29)32(43)44)16-25(39)38-11-9-37(10-12-38)19-14-17-4-5-18(15-19)30(17)40/h1-3,8,13,17-19,29-30,36,40H,4-7,9-12,14-16H2,(H,41,42)(H,43,44). The fourth-order valence-electron chi connectivity index (χ4n) is 7.70. The maximum Gasteiger partial charge on any atom is 0.334 e. The second-order valence-corrected chi connectivity index (χ2v) is 14.1. The summed E-state index contributed by atoms with van der Waals surface area (Å²) >= 11 is 14.5. The first-order valence-electron chi connectivity index (χ1n) is 15.3. The Morgan fingerprint density at radius 1 is 0.933 bits per heavy atom. The molecule has 2 aromatic rings. The third kappa shape index (κ3) is 6.51. The molecular weight excluding hydrogens is 639 g/mol. The van der Waals surface area contributed by atoms with Crippen LogP contribution in [0.15, 0.2) is 52.3 Å². The van der Waals surface area contributed by atoms with Gasteiger partial charge in [0.2, 0.25) is 5.91 Å². The molecule has 2 saturated carbocycles. The third-order valence-electron chi connectivity index (χ3n) is 9.89. The predicted molar refractivity (Wildman–Crippen MR) is 170 cm³/mol. The number of benzene rings is 1. The van der Waals surface area contributed by atoms with Crippen LogP contribution in [0.5, 0.6) is 0 Å². The zero-order valence-electron chi connectivity index (χ0n) is 24.6. The molecule has 4 N–H and O–H groups in total. The van der Waals surface area contributed by atoms with Gasteiger partial charge in [-0.05, 0) is 56.1 Å². The number of carboxylic acid groups (broad SMARTS) is 2. The molecule has 6 rings (SSSR count). The fraction of sp³-hybridized carbons (Fsp3) is 0.500. The molecule has 1 saturated heterocycles. The zero-order chi connectivity index (χ0) is 31.8. The van der Waals surface area contributed by atoms with Crippen LogP contribution < -0.4 is 5.32 Å². The molecule has 3 heterocycles. The number of thiazole rings is 1. The molecule has 2 aliphatic carbocycles. The van der Waals surface area contributed by atoms with Crippen molar-refractivity contribution in [3.8, 4) is 0 Å². The zero-order valence-corrected chi connectivity index (χ0v) is 27.0. The summed E-state index contributed by atoms with van der Waals surface area (Å²) in [4.78, 5) is 47.9. The number of amides is 1. The molecule has 2 bridgehead atoms. The minimum atomic E-state index is -1.36. The highest BCUT2D eigenvalue weighted by Gasteiger charge is 2.44. The maximum absolute atomic E-state index is 13.7. The van der Waals surface area contributed by atoms with Crippen molar-refractivity contribution in [3.05, 3.63) is 72.9 Å². The van der Waals surface area contributed by atoms with Crippen LogP contribution in [0.1, 0.15) is 55.0 Å². The molecule has 13 heteroatoms. The summed E-state index contributed by atoms with van der Waals surface area (Å²) in [7, 11) is 0. The van der Waals surface area contributed by atoms with Crippen molar-refractivity contribution in [1.82, 2.24) is 20.1 Å². The number of carboxylic acids is 2. The Morgan fingerprint density at radius 2 is 1.56 bits per heavy atom. The Hall–Kier alpha value is -2.96. The molecular formula is C32H36Cl2N4O6S. The fourth-order valence-corrected chi connectivity index (χ4v) is 8.93. The maximum atomic E-state index is 13.7. The van der Waals surface area contributed by atoms with Crippen LogP contribution in [0.2, 0.25) is 10.0 Å². The Kier molecular flexibility index (Phi) is 9.54. The molecule has 1 aromatic carbocycles. The van der Waals surface area contributed by atoms with Crippen LogP contribution in [0.3, 0.4) is 0 Å². The quantitative estimate of drug-likeness (QED) is 0.302. The van der Waals surface area contributed by atoms with E-state index in [2.05, 4.69) is 15.2 Å². The van der Waals surface area contributed by atoms with E-state index in [4.69, 9.17) is 23.2 Å². The van der Waals surface area contributed by atoms with E-state index in [1.54, 1.807) is 29.3 Å². The monoisotopic (exact) mass is 674 g/mol. The van der Waals surface area contributed by atoms with Gasteiger partial charge < -0.3 is 25.5 Å². The highest BCUT2D eigenvalue weighted by Crippen LogP contribution is 2.46. The third-order valence-corrected chi connectivity index (χ3v) is 11.4. The minimum Gasteiger partial charge on any atom is -0.478 e. The van der Waals surface area contributed by atoms with Crippen LogP contribution in [-0.2, 0) is 20.8 Å². The number of carbonyl (C=O) groups is 3. The van der Waals surface area contributed by atoms with Gasteiger partial charge in [-0.25, -0.2) is 14.6 Å². The number of nitrogens with one attached hydrogen (secondary N) is 1. The van der Waals surface area contributed by atoms with Gasteiger partial charge in [0.05, 0.1) is 34.6 Å². The lowest BCUT2D eigenvalue weighted by molar-refractivity contribution is -0.133.